The first-order valence-corrected chi connectivity index (χ1v) is 12.5. The second kappa shape index (κ2) is 9.88. The fourth-order valence-electron chi connectivity index (χ4n) is 4.77. The number of aliphatic hydroxyl groups is 1. The SMILES string of the molecule is C[C@@H](CO)COc1ccc([C@H]2c3[nH]c4ccc(Cl)cc4c3CCN2C(=O)OCC2CCC2)cc1. The van der Waals surface area contributed by atoms with Gasteiger partial charge in [-0.1, -0.05) is 37.1 Å². The number of ether oxygens (including phenoxy) is 2. The lowest BCUT2D eigenvalue weighted by Crippen LogP contribution is -2.41. The molecule has 0 radical (unpaired) electrons. The van der Waals surface area contributed by atoms with Crippen molar-refractivity contribution in [3.05, 3.63) is 64.3 Å². The van der Waals surface area contributed by atoms with Gasteiger partial charge in [-0.05, 0) is 66.6 Å². The van der Waals surface area contributed by atoms with Crippen LogP contribution in [-0.4, -0.2) is 47.4 Å². The van der Waals surface area contributed by atoms with Crippen LogP contribution in [0, 0.1) is 11.8 Å². The smallest absolute Gasteiger partial charge is 0.410 e. The number of aliphatic hydroxyl groups excluding tert-OH is 1. The van der Waals surface area contributed by atoms with E-state index in [1.165, 1.54) is 12.0 Å². The summed E-state index contributed by atoms with van der Waals surface area (Å²) in [6, 6.07) is 13.4. The highest BCUT2D eigenvalue weighted by molar-refractivity contribution is 6.31. The van der Waals surface area contributed by atoms with Crippen LogP contribution in [0.2, 0.25) is 5.02 Å². The predicted octanol–water partition coefficient (Wildman–Crippen LogP) is 5.71. The monoisotopic (exact) mass is 482 g/mol. The number of aromatic amines is 1. The number of hydrogen-bond donors (Lipinski definition) is 2. The van der Waals surface area contributed by atoms with Gasteiger partial charge in [0.15, 0.2) is 0 Å². The summed E-state index contributed by atoms with van der Waals surface area (Å²) in [7, 11) is 0. The number of nitrogens with one attached hydrogen (secondary N) is 1. The van der Waals surface area contributed by atoms with Crippen molar-refractivity contribution in [3.63, 3.8) is 0 Å². The quantitative estimate of drug-likeness (QED) is 0.452. The molecular formula is C27H31ClN2O4. The van der Waals surface area contributed by atoms with Gasteiger partial charge < -0.3 is 19.6 Å². The third-order valence-electron chi connectivity index (χ3n) is 7.03. The highest BCUT2D eigenvalue weighted by Crippen LogP contribution is 2.40. The Hall–Kier alpha value is -2.70. The Labute approximate surface area is 204 Å². The van der Waals surface area contributed by atoms with Crippen molar-refractivity contribution in [1.29, 1.82) is 0 Å². The molecule has 3 aromatic rings. The van der Waals surface area contributed by atoms with Crippen LogP contribution in [-0.2, 0) is 11.2 Å². The molecule has 0 saturated heterocycles. The number of fused-ring (bicyclic) bond motifs is 3. The summed E-state index contributed by atoms with van der Waals surface area (Å²) < 4.78 is 11.6. The molecule has 1 amide bonds. The third-order valence-corrected chi connectivity index (χ3v) is 7.27. The fraction of sp³-hybridized carbons (Fsp3) is 0.444. The van der Waals surface area contributed by atoms with E-state index < -0.39 is 0 Å². The molecule has 6 nitrogen and oxygen atoms in total. The minimum absolute atomic E-state index is 0.0691. The standard InChI is InChI=1S/C27H31ClN2O4/c1-17(14-31)15-33-21-8-5-19(6-9-21)26-25-22(23-13-20(28)7-10-24(23)29-25)11-12-30(26)27(32)34-16-18-3-2-4-18/h5-10,13,17-18,26,29,31H,2-4,11-12,14-16H2,1H3/t17-,26-/m0/s1. The lowest BCUT2D eigenvalue weighted by atomic mass is 9.86. The van der Waals surface area contributed by atoms with Gasteiger partial charge in [0, 0.05) is 40.7 Å². The van der Waals surface area contributed by atoms with Crippen molar-refractivity contribution in [2.75, 3.05) is 26.4 Å². The number of rotatable bonds is 7. The summed E-state index contributed by atoms with van der Waals surface area (Å²) in [6.45, 7) is 3.55. The number of hydrogen-bond acceptors (Lipinski definition) is 4. The Kier molecular flexibility index (Phi) is 6.70. The summed E-state index contributed by atoms with van der Waals surface area (Å²) in [4.78, 5) is 18.6. The molecular weight excluding hydrogens is 452 g/mol. The molecule has 7 heteroatoms. The largest absolute Gasteiger partial charge is 0.493 e. The van der Waals surface area contributed by atoms with E-state index in [1.807, 2.05) is 54.3 Å². The first-order chi connectivity index (χ1) is 16.5. The van der Waals surface area contributed by atoms with Crippen molar-refractivity contribution < 1.29 is 19.4 Å². The second-order valence-electron chi connectivity index (χ2n) is 9.59. The number of nitrogens with zero attached hydrogens (tertiary/aromatic N) is 1. The molecule has 2 heterocycles. The maximum absolute atomic E-state index is 13.2. The molecule has 1 fully saturated rings. The molecule has 1 aromatic heterocycles. The minimum Gasteiger partial charge on any atom is -0.493 e. The van der Waals surface area contributed by atoms with Gasteiger partial charge in [0.25, 0.3) is 0 Å². The van der Waals surface area contributed by atoms with E-state index in [0.717, 1.165) is 47.2 Å². The Bertz CT molecular complexity index is 1160. The van der Waals surface area contributed by atoms with E-state index in [9.17, 15) is 9.90 Å². The van der Waals surface area contributed by atoms with Crippen molar-refractivity contribution >= 4 is 28.6 Å². The molecule has 2 aliphatic rings. The van der Waals surface area contributed by atoms with Gasteiger partial charge in [0.1, 0.15) is 11.8 Å². The average molecular weight is 483 g/mol. The minimum atomic E-state index is -0.283. The van der Waals surface area contributed by atoms with Crippen LogP contribution in [0.4, 0.5) is 4.79 Å². The molecule has 5 rings (SSSR count). The summed E-state index contributed by atoms with van der Waals surface area (Å²) in [5, 5.41) is 11.0. The van der Waals surface area contributed by atoms with Crippen molar-refractivity contribution in [2.45, 2.75) is 38.6 Å². The van der Waals surface area contributed by atoms with E-state index in [2.05, 4.69) is 4.98 Å². The Morgan fingerprint density at radius 1 is 1.24 bits per heavy atom. The average Bonchev–Trinajstić information content (AvgIpc) is 3.19. The number of amides is 1. The fourth-order valence-corrected chi connectivity index (χ4v) is 4.95. The maximum Gasteiger partial charge on any atom is 0.410 e. The number of aromatic nitrogens is 1. The number of benzene rings is 2. The van der Waals surface area contributed by atoms with Gasteiger partial charge in [-0.25, -0.2) is 4.79 Å². The zero-order valence-corrected chi connectivity index (χ0v) is 20.2. The van der Waals surface area contributed by atoms with Crippen LogP contribution in [0.5, 0.6) is 5.75 Å². The van der Waals surface area contributed by atoms with Crippen molar-refractivity contribution in [2.24, 2.45) is 11.8 Å². The van der Waals surface area contributed by atoms with Crippen LogP contribution in [0.15, 0.2) is 42.5 Å². The predicted molar refractivity (Wildman–Crippen MR) is 132 cm³/mol. The molecule has 1 aliphatic carbocycles. The second-order valence-corrected chi connectivity index (χ2v) is 10.0. The van der Waals surface area contributed by atoms with Crippen LogP contribution < -0.4 is 4.74 Å². The molecule has 1 aliphatic heterocycles. The van der Waals surface area contributed by atoms with E-state index >= 15 is 0 Å². The summed E-state index contributed by atoms with van der Waals surface area (Å²) in [6.07, 6.45) is 3.97. The lowest BCUT2D eigenvalue weighted by molar-refractivity contribution is 0.0620. The van der Waals surface area contributed by atoms with Crippen LogP contribution >= 0.6 is 11.6 Å². The molecule has 34 heavy (non-hydrogen) atoms. The van der Waals surface area contributed by atoms with Crippen LogP contribution in [0.25, 0.3) is 10.9 Å². The van der Waals surface area contributed by atoms with E-state index in [4.69, 9.17) is 21.1 Å². The van der Waals surface area contributed by atoms with Crippen LogP contribution in [0.1, 0.15) is 49.0 Å². The Morgan fingerprint density at radius 2 is 2.03 bits per heavy atom. The Morgan fingerprint density at radius 3 is 2.74 bits per heavy atom. The number of carbonyl (C=O) groups excluding carboxylic acids is 1. The van der Waals surface area contributed by atoms with E-state index in [-0.39, 0.29) is 24.7 Å². The molecule has 0 bridgehead atoms. The van der Waals surface area contributed by atoms with Gasteiger partial charge in [-0.2, -0.15) is 0 Å². The molecule has 0 unspecified atom stereocenters. The van der Waals surface area contributed by atoms with Gasteiger partial charge >= 0.3 is 6.09 Å². The maximum atomic E-state index is 13.2. The molecule has 2 atom stereocenters. The highest BCUT2D eigenvalue weighted by Gasteiger charge is 2.36. The lowest BCUT2D eigenvalue weighted by Gasteiger charge is -2.36. The summed E-state index contributed by atoms with van der Waals surface area (Å²) in [5.74, 6) is 1.30. The third kappa shape index (κ3) is 4.62. The normalized spacial score (nSPS) is 18.9. The zero-order chi connectivity index (χ0) is 23.7. The Balaban J connectivity index is 1.45. The highest BCUT2D eigenvalue weighted by atomic mass is 35.5. The van der Waals surface area contributed by atoms with E-state index in [1.54, 1.807) is 0 Å². The molecule has 2 aromatic carbocycles. The summed E-state index contributed by atoms with van der Waals surface area (Å²) in [5.41, 5.74) is 4.21. The number of halogens is 1. The van der Waals surface area contributed by atoms with Gasteiger partial charge in [0.2, 0.25) is 0 Å². The summed E-state index contributed by atoms with van der Waals surface area (Å²) >= 11 is 6.29. The molecule has 1 saturated carbocycles. The molecule has 0 spiro atoms. The molecule has 180 valence electrons. The van der Waals surface area contributed by atoms with Crippen molar-refractivity contribution in [1.82, 2.24) is 9.88 Å². The number of carbonyl (C=O) groups is 1. The van der Waals surface area contributed by atoms with Crippen molar-refractivity contribution in [3.8, 4) is 5.75 Å². The zero-order valence-electron chi connectivity index (χ0n) is 19.4. The first kappa shape index (κ1) is 23.1. The first-order valence-electron chi connectivity index (χ1n) is 12.1. The van der Waals surface area contributed by atoms with E-state index in [0.29, 0.717) is 30.7 Å². The van der Waals surface area contributed by atoms with Gasteiger partial charge in [-0.3, -0.25) is 4.90 Å². The van der Waals surface area contributed by atoms with Crippen LogP contribution in [0.3, 0.4) is 0 Å². The van der Waals surface area contributed by atoms with Gasteiger partial charge in [0.05, 0.1) is 13.2 Å². The van der Waals surface area contributed by atoms with Gasteiger partial charge in [-0.15, -0.1) is 0 Å². The number of H-pyrrole nitrogens is 1. The topological polar surface area (TPSA) is 74.8 Å². The molecule has 2 N–H and O–H groups in total.